The van der Waals surface area contributed by atoms with Crippen LogP contribution in [0.3, 0.4) is 0 Å². The molecular formula is C14H15F2NO3. The second kappa shape index (κ2) is 5.56. The van der Waals surface area contributed by atoms with Gasteiger partial charge in [0.2, 0.25) is 5.91 Å². The van der Waals surface area contributed by atoms with Crippen molar-refractivity contribution in [3.63, 3.8) is 0 Å². The summed E-state index contributed by atoms with van der Waals surface area (Å²) in [6, 6.07) is 3.02. The molecule has 1 aliphatic carbocycles. The number of aliphatic carboxylic acids is 1. The molecule has 1 saturated carbocycles. The lowest BCUT2D eigenvalue weighted by molar-refractivity contribution is -0.150. The van der Waals surface area contributed by atoms with Crippen LogP contribution in [0.2, 0.25) is 0 Å². The maximum Gasteiger partial charge on any atom is 0.310 e. The van der Waals surface area contributed by atoms with Crippen molar-refractivity contribution in [1.82, 2.24) is 0 Å². The van der Waals surface area contributed by atoms with E-state index in [0.29, 0.717) is 12.8 Å². The molecule has 0 bridgehead atoms. The predicted molar refractivity (Wildman–Crippen MR) is 68.1 cm³/mol. The van der Waals surface area contributed by atoms with Gasteiger partial charge in [-0.05, 0) is 25.0 Å². The molecule has 20 heavy (non-hydrogen) atoms. The summed E-state index contributed by atoms with van der Waals surface area (Å²) in [6.45, 7) is 0. The lowest BCUT2D eigenvalue weighted by atomic mass is 9.82. The van der Waals surface area contributed by atoms with Crippen LogP contribution in [0.4, 0.5) is 14.5 Å². The minimum atomic E-state index is -1.06. The predicted octanol–water partition coefficient (Wildman–Crippen LogP) is 2.94. The van der Waals surface area contributed by atoms with Gasteiger partial charge in [0, 0.05) is 18.2 Å². The zero-order chi connectivity index (χ0) is 14.8. The highest BCUT2D eigenvalue weighted by molar-refractivity contribution is 5.94. The Kier molecular flexibility index (Phi) is 4.01. The number of rotatable bonds is 4. The monoisotopic (exact) mass is 283 g/mol. The Balaban J connectivity index is 2.04. The molecule has 1 aromatic carbocycles. The quantitative estimate of drug-likeness (QED) is 0.892. The Bertz CT molecular complexity index is 539. The molecule has 6 heteroatoms. The first-order valence-corrected chi connectivity index (χ1v) is 6.41. The van der Waals surface area contributed by atoms with Gasteiger partial charge in [-0.2, -0.15) is 0 Å². The third kappa shape index (κ3) is 2.95. The highest BCUT2D eigenvalue weighted by Crippen LogP contribution is 2.41. The number of carbonyl (C=O) groups excluding carboxylic acids is 1. The number of halogens is 2. The first kappa shape index (κ1) is 14.4. The summed E-state index contributed by atoms with van der Waals surface area (Å²) in [5.41, 5.74) is -0.907. The van der Waals surface area contributed by atoms with E-state index in [1.165, 1.54) is 6.07 Å². The summed E-state index contributed by atoms with van der Waals surface area (Å²) in [7, 11) is 0. The van der Waals surface area contributed by atoms with Crippen molar-refractivity contribution in [2.45, 2.75) is 32.1 Å². The molecule has 0 aromatic heterocycles. The standard InChI is InChI=1S/C14H15F2NO3/c15-10-4-3-9(7-11(10)16)17-12(18)8-14(13(19)20)5-1-2-6-14/h3-4,7H,1-2,5-6,8H2,(H,17,18)(H,19,20). The Morgan fingerprint density at radius 3 is 2.40 bits per heavy atom. The van der Waals surface area contributed by atoms with E-state index in [1.807, 2.05) is 0 Å². The van der Waals surface area contributed by atoms with Gasteiger partial charge in [-0.25, -0.2) is 8.78 Å². The van der Waals surface area contributed by atoms with Crippen LogP contribution in [0.1, 0.15) is 32.1 Å². The van der Waals surface area contributed by atoms with E-state index in [0.717, 1.165) is 25.0 Å². The fourth-order valence-corrected chi connectivity index (χ4v) is 2.60. The normalized spacial score (nSPS) is 16.9. The van der Waals surface area contributed by atoms with Crippen molar-refractivity contribution in [2.75, 3.05) is 5.32 Å². The molecule has 4 nitrogen and oxygen atoms in total. The van der Waals surface area contributed by atoms with Crippen molar-refractivity contribution in [2.24, 2.45) is 5.41 Å². The van der Waals surface area contributed by atoms with E-state index in [-0.39, 0.29) is 12.1 Å². The number of hydrogen-bond acceptors (Lipinski definition) is 2. The first-order chi connectivity index (χ1) is 9.43. The Morgan fingerprint density at radius 2 is 1.85 bits per heavy atom. The van der Waals surface area contributed by atoms with Gasteiger partial charge in [0.25, 0.3) is 0 Å². The average Bonchev–Trinajstić information content (AvgIpc) is 2.83. The van der Waals surface area contributed by atoms with Gasteiger partial charge in [0.1, 0.15) is 0 Å². The van der Waals surface area contributed by atoms with E-state index >= 15 is 0 Å². The molecule has 0 saturated heterocycles. The summed E-state index contributed by atoms with van der Waals surface area (Å²) in [4.78, 5) is 23.2. The highest BCUT2D eigenvalue weighted by atomic mass is 19.2. The molecule has 0 spiro atoms. The molecule has 108 valence electrons. The van der Waals surface area contributed by atoms with Crippen LogP contribution >= 0.6 is 0 Å². The summed E-state index contributed by atoms with van der Waals surface area (Å²) in [6.07, 6.45) is 2.35. The van der Waals surface area contributed by atoms with E-state index in [1.54, 1.807) is 0 Å². The third-order valence-electron chi connectivity index (χ3n) is 3.72. The van der Waals surface area contributed by atoms with Gasteiger partial charge < -0.3 is 10.4 Å². The second-order valence-electron chi connectivity index (χ2n) is 5.15. The highest BCUT2D eigenvalue weighted by Gasteiger charge is 2.42. The molecule has 2 rings (SSSR count). The number of carboxylic acids is 1. The average molecular weight is 283 g/mol. The zero-order valence-corrected chi connectivity index (χ0v) is 10.8. The molecule has 2 N–H and O–H groups in total. The molecule has 0 aliphatic heterocycles. The van der Waals surface area contributed by atoms with E-state index in [4.69, 9.17) is 0 Å². The Morgan fingerprint density at radius 1 is 1.20 bits per heavy atom. The summed E-state index contributed by atoms with van der Waals surface area (Å²) in [5, 5.41) is 11.7. The molecule has 1 aromatic rings. The van der Waals surface area contributed by atoms with Crippen molar-refractivity contribution in [1.29, 1.82) is 0 Å². The smallest absolute Gasteiger partial charge is 0.310 e. The lowest BCUT2D eigenvalue weighted by Gasteiger charge is -2.22. The molecular weight excluding hydrogens is 268 g/mol. The van der Waals surface area contributed by atoms with Crippen molar-refractivity contribution in [3.8, 4) is 0 Å². The fourth-order valence-electron chi connectivity index (χ4n) is 2.60. The first-order valence-electron chi connectivity index (χ1n) is 6.41. The number of anilines is 1. The van der Waals surface area contributed by atoms with E-state index in [9.17, 15) is 23.5 Å². The zero-order valence-electron chi connectivity index (χ0n) is 10.8. The van der Waals surface area contributed by atoms with Crippen LogP contribution < -0.4 is 5.32 Å². The summed E-state index contributed by atoms with van der Waals surface area (Å²) < 4.78 is 25.8. The minimum Gasteiger partial charge on any atom is -0.481 e. The molecule has 0 heterocycles. The summed E-state index contributed by atoms with van der Waals surface area (Å²) in [5.74, 6) is -3.53. The van der Waals surface area contributed by atoms with Crippen LogP contribution in [0.25, 0.3) is 0 Å². The molecule has 0 unspecified atom stereocenters. The molecule has 1 amide bonds. The van der Waals surface area contributed by atoms with Gasteiger partial charge in [0.05, 0.1) is 5.41 Å². The van der Waals surface area contributed by atoms with Gasteiger partial charge in [0.15, 0.2) is 11.6 Å². The largest absolute Gasteiger partial charge is 0.481 e. The van der Waals surface area contributed by atoms with Gasteiger partial charge in [-0.15, -0.1) is 0 Å². The van der Waals surface area contributed by atoms with Crippen LogP contribution in [0.15, 0.2) is 18.2 Å². The number of carboxylic acid groups (broad SMARTS) is 1. The molecule has 0 radical (unpaired) electrons. The van der Waals surface area contributed by atoms with E-state index in [2.05, 4.69) is 5.32 Å². The maximum absolute atomic E-state index is 13.0. The number of nitrogens with one attached hydrogen (secondary N) is 1. The van der Waals surface area contributed by atoms with Crippen molar-refractivity contribution < 1.29 is 23.5 Å². The Hall–Kier alpha value is -1.98. The molecule has 0 atom stereocenters. The minimum absolute atomic E-state index is 0.118. The Labute approximate surface area is 114 Å². The SMILES string of the molecule is O=C(CC1(C(=O)O)CCCC1)Nc1ccc(F)c(F)c1. The van der Waals surface area contributed by atoms with Crippen LogP contribution in [0, 0.1) is 17.0 Å². The number of benzene rings is 1. The number of carbonyl (C=O) groups is 2. The van der Waals surface area contributed by atoms with Crippen molar-refractivity contribution >= 4 is 17.6 Å². The van der Waals surface area contributed by atoms with Crippen LogP contribution in [0.5, 0.6) is 0 Å². The van der Waals surface area contributed by atoms with Gasteiger partial charge >= 0.3 is 5.97 Å². The summed E-state index contributed by atoms with van der Waals surface area (Å²) >= 11 is 0. The fraction of sp³-hybridized carbons (Fsp3) is 0.429. The molecule has 1 fully saturated rings. The van der Waals surface area contributed by atoms with Crippen LogP contribution in [-0.2, 0) is 9.59 Å². The van der Waals surface area contributed by atoms with Crippen LogP contribution in [-0.4, -0.2) is 17.0 Å². The third-order valence-corrected chi connectivity index (χ3v) is 3.72. The maximum atomic E-state index is 13.0. The second-order valence-corrected chi connectivity index (χ2v) is 5.15. The lowest BCUT2D eigenvalue weighted by Crippen LogP contribution is -2.32. The molecule has 1 aliphatic rings. The number of amides is 1. The van der Waals surface area contributed by atoms with Crippen molar-refractivity contribution in [3.05, 3.63) is 29.8 Å². The van der Waals surface area contributed by atoms with E-state index < -0.39 is 28.9 Å². The van der Waals surface area contributed by atoms with Gasteiger partial charge in [-0.1, -0.05) is 12.8 Å². The topological polar surface area (TPSA) is 66.4 Å². The number of hydrogen-bond donors (Lipinski definition) is 2. The van der Waals surface area contributed by atoms with Gasteiger partial charge in [-0.3, -0.25) is 9.59 Å².